The number of hydrazone groups is 1. The van der Waals surface area contributed by atoms with Crippen molar-refractivity contribution in [2.45, 2.75) is 6.92 Å². The van der Waals surface area contributed by atoms with Gasteiger partial charge in [0.1, 0.15) is 11.5 Å². The minimum atomic E-state index is -0.466. The van der Waals surface area contributed by atoms with Gasteiger partial charge in [0.15, 0.2) is 0 Å². The summed E-state index contributed by atoms with van der Waals surface area (Å²) in [5, 5.41) is 16.9. The van der Waals surface area contributed by atoms with Crippen LogP contribution in [0.4, 0.5) is 10.1 Å². The van der Waals surface area contributed by atoms with E-state index in [2.05, 4.69) is 10.1 Å². The van der Waals surface area contributed by atoms with Gasteiger partial charge in [0, 0.05) is 11.6 Å². The van der Waals surface area contributed by atoms with Gasteiger partial charge >= 0.3 is 5.00 Å². The first kappa shape index (κ1) is 22.4. The van der Waals surface area contributed by atoms with Crippen molar-refractivity contribution in [1.82, 2.24) is 4.98 Å². The fourth-order valence-electron chi connectivity index (χ4n) is 2.91. The van der Waals surface area contributed by atoms with Crippen LogP contribution in [-0.2, 0) is 0 Å². The molecule has 0 aliphatic carbocycles. The third kappa shape index (κ3) is 4.99. The van der Waals surface area contributed by atoms with Gasteiger partial charge in [-0.2, -0.15) is 10.1 Å². The highest BCUT2D eigenvalue weighted by molar-refractivity contribution is 7.22. The molecule has 0 fully saturated rings. The van der Waals surface area contributed by atoms with Crippen molar-refractivity contribution < 1.29 is 19.2 Å². The van der Waals surface area contributed by atoms with Crippen LogP contribution in [0.15, 0.2) is 59.7 Å². The zero-order chi connectivity index (χ0) is 23.4. The second-order valence-corrected chi connectivity index (χ2v) is 8.69. The molecule has 0 bridgehead atoms. The van der Waals surface area contributed by atoms with Crippen LogP contribution in [0.2, 0.25) is 0 Å². The molecule has 168 valence electrons. The van der Waals surface area contributed by atoms with Gasteiger partial charge in [-0.25, -0.2) is 4.98 Å². The number of carbonyl (C=O) groups excluding carboxylic acids is 1. The first-order valence-electron chi connectivity index (χ1n) is 9.78. The Morgan fingerprint density at radius 2 is 1.91 bits per heavy atom. The number of anilines is 1. The van der Waals surface area contributed by atoms with Crippen molar-refractivity contribution in [2.75, 3.05) is 18.7 Å². The lowest BCUT2D eigenvalue weighted by Crippen LogP contribution is -2.25. The van der Waals surface area contributed by atoms with Gasteiger partial charge < -0.3 is 9.47 Å². The molecule has 0 aliphatic heterocycles. The van der Waals surface area contributed by atoms with E-state index < -0.39 is 10.8 Å². The van der Waals surface area contributed by atoms with Crippen molar-refractivity contribution in [3.8, 4) is 11.5 Å². The van der Waals surface area contributed by atoms with Crippen LogP contribution in [0.3, 0.4) is 0 Å². The molecule has 4 rings (SSSR count). The average molecular weight is 483 g/mol. The zero-order valence-electron chi connectivity index (χ0n) is 17.6. The maximum absolute atomic E-state index is 13.4. The minimum absolute atomic E-state index is 0.00655. The SMILES string of the molecule is CCOc1ccc(C(=O)N(/N=C/c2ccc([N+](=O)[O-])s2)c2nc3ccc(OC)cc3s2)cc1. The molecule has 9 nitrogen and oxygen atoms in total. The van der Waals surface area contributed by atoms with Crippen LogP contribution in [0.25, 0.3) is 10.2 Å². The van der Waals surface area contributed by atoms with Gasteiger partial charge in [-0.05, 0) is 55.5 Å². The Morgan fingerprint density at radius 1 is 1.15 bits per heavy atom. The first-order valence-corrected chi connectivity index (χ1v) is 11.4. The summed E-state index contributed by atoms with van der Waals surface area (Å²) in [4.78, 5) is 29.0. The van der Waals surface area contributed by atoms with Gasteiger partial charge in [-0.15, -0.1) is 0 Å². The number of benzene rings is 2. The number of nitrogens with zero attached hydrogens (tertiary/aromatic N) is 4. The predicted octanol–water partition coefficient (Wildman–Crippen LogP) is 5.35. The maximum Gasteiger partial charge on any atom is 0.324 e. The summed E-state index contributed by atoms with van der Waals surface area (Å²) >= 11 is 2.25. The van der Waals surface area contributed by atoms with E-state index in [1.165, 1.54) is 28.6 Å². The van der Waals surface area contributed by atoms with E-state index in [0.717, 1.165) is 16.0 Å². The molecule has 4 aromatic rings. The van der Waals surface area contributed by atoms with Gasteiger partial charge in [0.2, 0.25) is 5.13 Å². The lowest BCUT2D eigenvalue weighted by Gasteiger charge is -2.14. The second-order valence-electron chi connectivity index (χ2n) is 6.58. The number of amides is 1. The molecule has 2 heterocycles. The Bertz CT molecular complexity index is 1330. The Hall–Kier alpha value is -3.83. The third-order valence-corrected chi connectivity index (χ3v) is 6.43. The Balaban J connectivity index is 1.71. The number of thiophene rings is 1. The highest BCUT2D eigenvalue weighted by Gasteiger charge is 2.22. The minimum Gasteiger partial charge on any atom is -0.497 e. The number of carbonyl (C=O) groups is 1. The lowest BCUT2D eigenvalue weighted by atomic mass is 10.2. The summed E-state index contributed by atoms with van der Waals surface area (Å²) in [7, 11) is 1.58. The van der Waals surface area contributed by atoms with E-state index >= 15 is 0 Å². The summed E-state index contributed by atoms with van der Waals surface area (Å²) in [6, 6.07) is 15.1. The van der Waals surface area contributed by atoms with Crippen LogP contribution >= 0.6 is 22.7 Å². The summed E-state index contributed by atoms with van der Waals surface area (Å²) in [5.41, 5.74) is 1.09. The number of hydrogen-bond donors (Lipinski definition) is 0. The highest BCUT2D eigenvalue weighted by atomic mass is 32.1. The van der Waals surface area contributed by atoms with Crippen LogP contribution in [0.1, 0.15) is 22.2 Å². The average Bonchev–Trinajstić information content (AvgIpc) is 3.46. The largest absolute Gasteiger partial charge is 0.497 e. The fraction of sp³-hybridized carbons (Fsp3) is 0.136. The molecular weight excluding hydrogens is 464 g/mol. The monoisotopic (exact) mass is 482 g/mol. The van der Waals surface area contributed by atoms with Crippen molar-refractivity contribution >= 4 is 55.1 Å². The molecule has 0 saturated carbocycles. The Morgan fingerprint density at radius 3 is 2.58 bits per heavy atom. The third-order valence-electron chi connectivity index (χ3n) is 4.46. The van der Waals surface area contributed by atoms with E-state index in [-0.39, 0.29) is 5.00 Å². The number of ether oxygens (including phenoxy) is 2. The van der Waals surface area contributed by atoms with Gasteiger partial charge in [0.25, 0.3) is 5.91 Å². The lowest BCUT2D eigenvalue weighted by molar-refractivity contribution is -0.380. The number of thiazole rings is 1. The van der Waals surface area contributed by atoms with Crippen LogP contribution in [0, 0.1) is 10.1 Å². The summed E-state index contributed by atoms with van der Waals surface area (Å²) < 4.78 is 11.5. The molecule has 0 atom stereocenters. The van der Waals surface area contributed by atoms with E-state index in [4.69, 9.17) is 9.47 Å². The quantitative estimate of drug-likeness (QED) is 0.190. The van der Waals surface area contributed by atoms with Gasteiger partial charge in [0.05, 0.1) is 39.9 Å². The van der Waals surface area contributed by atoms with Crippen molar-refractivity contribution in [3.63, 3.8) is 0 Å². The van der Waals surface area contributed by atoms with Crippen LogP contribution in [-0.4, -0.2) is 35.7 Å². The first-order chi connectivity index (χ1) is 16.0. The standard InChI is InChI=1S/C22H18N4O5S2/c1-3-31-15-6-4-14(5-7-15)21(27)25(23-13-17-9-11-20(32-17)26(28)29)22-24-18-10-8-16(30-2)12-19(18)33-22/h4-13H,3H2,1-2H3/b23-13+. The number of fused-ring (bicyclic) bond motifs is 1. The molecule has 1 amide bonds. The molecule has 33 heavy (non-hydrogen) atoms. The molecular formula is C22H18N4O5S2. The molecule has 0 unspecified atom stereocenters. The molecule has 0 aliphatic rings. The Kier molecular flexibility index (Phi) is 6.61. The molecule has 0 N–H and O–H groups in total. The number of aromatic nitrogens is 1. The summed E-state index contributed by atoms with van der Waals surface area (Å²) in [6.45, 7) is 2.40. The molecule has 0 spiro atoms. The highest BCUT2D eigenvalue weighted by Crippen LogP contribution is 2.33. The number of methoxy groups -OCH3 is 1. The Labute approximate surface area is 196 Å². The van der Waals surface area contributed by atoms with E-state index in [1.807, 2.05) is 13.0 Å². The summed E-state index contributed by atoms with van der Waals surface area (Å²) in [6.07, 6.45) is 1.41. The van der Waals surface area contributed by atoms with Crippen LogP contribution in [0.5, 0.6) is 11.5 Å². The normalized spacial score (nSPS) is 11.1. The van der Waals surface area contributed by atoms with Crippen LogP contribution < -0.4 is 14.5 Å². The number of nitro groups is 1. The number of hydrogen-bond acceptors (Lipinski definition) is 9. The van der Waals surface area contributed by atoms with E-state index in [9.17, 15) is 14.9 Å². The maximum atomic E-state index is 13.4. The van der Waals surface area contributed by atoms with Gasteiger partial charge in [-0.3, -0.25) is 14.9 Å². The predicted molar refractivity (Wildman–Crippen MR) is 129 cm³/mol. The molecule has 2 aromatic carbocycles. The second kappa shape index (κ2) is 9.76. The van der Waals surface area contributed by atoms with E-state index in [1.54, 1.807) is 49.6 Å². The van der Waals surface area contributed by atoms with Crippen molar-refractivity contribution in [1.29, 1.82) is 0 Å². The molecule has 2 aromatic heterocycles. The summed E-state index contributed by atoms with van der Waals surface area (Å²) in [5.74, 6) is 0.935. The smallest absolute Gasteiger partial charge is 0.324 e. The van der Waals surface area contributed by atoms with Crippen molar-refractivity contribution in [3.05, 3.63) is 75.2 Å². The van der Waals surface area contributed by atoms with Crippen molar-refractivity contribution in [2.24, 2.45) is 5.10 Å². The van der Waals surface area contributed by atoms with Gasteiger partial charge in [-0.1, -0.05) is 22.7 Å². The zero-order valence-corrected chi connectivity index (χ0v) is 19.3. The molecule has 0 saturated heterocycles. The van der Waals surface area contributed by atoms with E-state index in [0.29, 0.717) is 39.2 Å². The number of rotatable bonds is 8. The molecule has 0 radical (unpaired) electrons. The topological polar surface area (TPSA) is 107 Å². The fourth-order valence-corrected chi connectivity index (χ4v) is 4.54. The molecule has 11 heteroatoms.